The highest BCUT2D eigenvalue weighted by Gasteiger charge is 2.21. The zero-order valence-electron chi connectivity index (χ0n) is 12.4. The molecule has 3 nitrogen and oxygen atoms in total. The number of nitrogens with one attached hydrogen (secondary N) is 2. The first-order valence-electron chi connectivity index (χ1n) is 7.30. The fraction of sp³-hybridized carbons (Fsp3) is 0.562. The summed E-state index contributed by atoms with van der Waals surface area (Å²) in [7, 11) is 0. The van der Waals surface area contributed by atoms with Crippen molar-refractivity contribution >= 4 is 5.91 Å². The first-order chi connectivity index (χ1) is 9.49. The molecule has 0 bridgehead atoms. The lowest BCUT2D eigenvalue weighted by molar-refractivity contribution is 0.0938. The molecule has 0 unspecified atom stereocenters. The smallest absolute Gasteiger partial charge is 0.254 e. The van der Waals surface area contributed by atoms with E-state index in [9.17, 15) is 9.18 Å². The van der Waals surface area contributed by atoms with Crippen LogP contribution in [-0.2, 0) is 0 Å². The van der Waals surface area contributed by atoms with Gasteiger partial charge in [-0.15, -0.1) is 0 Å². The topological polar surface area (TPSA) is 41.1 Å². The van der Waals surface area contributed by atoms with Crippen LogP contribution in [0.5, 0.6) is 0 Å². The van der Waals surface area contributed by atoms with Gasteiger partial charge in [0, 0.05) is 6.04 Å². The van der Waals surface area contributed by atoms with Gasteiger partial charge in [-0.05, 0) is 69.8 Å². The van der Waals surface area contributed by atoms with Gasteiger partial charge in [-0.3, -0.25) is 4.79 Å². The standard InChI is InChI=1S/C16H23FN2O/c1-10(2)19-16(20)15-11(3)8-13(9-14(15)17)12-4-6-18-7-5-12/h8-10,12,18H,4-7H2,1-3H3,(H,19,20). The van der Waals surface area contributed by atoms with Gasteiger partial charge in [0.2, 0.25) is 0 Å². The van der Waals surface area contributed by atoms with Gasteiger partial charge in [-0.1, -0.05) is 6.07 Å². The van der Waals surface area contributed by atoms with Crippen molar-refractivity contribution in [3.63, 3.8) is 0 Å². The Morgan fingerprint density at radius 3 is 2.55 bits per heavy atom. The summed E-state index contributed by atoms with van der Waals surface area (Å²) in [6.07, 6.45) is 2.05. The van der Waals surface area contributed by atoms with E-state index in [1.807, 2.05) is 26.8 Å². The minimum absolute atomic E-state index is 0.00500. The highest BCUT2D eigenvalue weighted by molar-refractivity contribution is 5.96. The zero-order valence-corrected chi connectivity index (χ0v) is 12.4. The number of hydrogen-bond acceptors (Lipinski definition) is 2. The van der Waals surface area contributed by atoms with Crippen LogP contribution >= 0.6 is 0 Å². The molecule has 0 atom stereocenters. The van der Waals surface area contributed by atoms with Crippen LogP contribution in [0.15, 0.2) is 12.1 Å². The molecule has 1 aliphatic heterocycles. The van der Waals surface area contributed by atoms with Gasteiger partial charge in [0.05, 0.1) is 5.56 Å². The number of halogens is 1. The molecule has 0 aromatic heterocycles. The van der Waals surface area contributed by atoms with Gasteiger partial charge < -0.3 is 10.6 Å². The van der Waals surface area contributed by atoms with E-state index < -0.39 is 5.82 Å². The first kappa shape index (κ1) is 15.0. The summed E-state index contributed by atoms with van der Waals surface area (Å²) in [6.45, 7) is 7.49. The predicted molar refractivity (Wildman–Crippen MR) is 78.6 cm³/mol. The predicted octanol–water partition coefficient (Wildman–Crippen LogP) is 2.74. The molecule has 110 valence electrons. The monoisotopic (exact) mass is 278 g/mol. The van der Waals surface area contributed by atoms with E-state index in [1.165, 1.54) is 6.07 Å². The summed E-state index contributed by atoms with van der Waals surface area (Å²) in [4.78, 5) is 12.0. The van der Waals surface area contributed by atoms with Gasteiger partial charge in [0.1, 0.15) is 5.82 Å². The molecule has 1 heterocycles. The summed E-state index contributed by atoms with van der Waals surface area (Å²) in [6, 6.07) is 3.51. The Bertz CT molecular complexity index is 470. The number of piperidine rings is 1. The summed E-state index contributed by atoms with van der Waals surface area (Å²) in [5.74, 6) is -0.338. The van der Waals surface area contributed by atoms with Crippen molar-refractivity contribution in [3.8, 4) is 0 Å². The molecule has 1 amide bonds. The Labute approximate surface area is 120 Å². The Hall–Kier alpha value is -1.42. The van der Waals surface area contributed by atoms with Crippen LogP contribution in [0.4, 0.5) is 4.39 Å². The Kier molecular flexibility index (Phi) is 4.76. The van der Waals surface area contributed by atoms with Crippen LogP contribution in [0.2, 0.25) is 0 Å². The van der Waals surface area contributed by atoms with Gasteiger partial charge in [0.15, 0.2) is 0 Å². The second-order valence-electron chi connectivity index (χ2n) is 5.85. The SMILES string of the molecule is Cc1cc(C2CCNCC2)cc(F)c1C(=O)NC(C)C. The van der Waals surface area contributed by atoms with Crippen molar-refractivity contribution in [2.45, 2.75) is 45.6 Å². The molecular weight excluding hydrogens is 255 g/mol. The van der Waals surface area contributed by atoms with Gasteiger partial charge >= 0.3 is 0 Å². The van der Waals surface area contributed by atoms with Crippen molar-refractivity contribution in [1.29, 1.82) is 0 Å². The molecule has 20 heavy (non-hydrogen) atoms. The molecule has 1 aromatic carbocycles. The van der Waals surface area contributed by atoms with E-state index in [1.54, 1.807) is 0 Å². The number of carbonyl (C=O) groups excluding carboxylic acids is 1. The van der Waals surface area contributed by atoms with Crippen molar-refractivity contribution in [1.82, 2.24) is 10.6 Å². The number of benzene rings is 1. The van der Waals surface area contributed by atoms with E-state index in [2.05, 4.69) is 10.6 Å². The number of carbonyl (C=O) groups is 1. The Morgan fingerprint density at radius 2 is 2.00 bits per heavy atom. The van der Waals surface area contributed by atoms with E-state index >= 15 is 0 Å². The minimum Gasteiger partial charge on any atom is -0.350 e. The molecule has 0 saturated carbocycles. The van der Waals surface area contributed by atoms with Crippen LogP contribution in [0, 0.1) is 12.7 Å². The van der Waals surface area contributed by atoms with E-state index in [0.717, 1.165) is 37.1 Å². The van der Waals surface area contributed by atoms with Gasteiger partial charge in [0.25, 0.3) is 5.91 Å². The molecular formula is C16H23FN2O. The van der Waals surface area contributed by atoms with Crippen LogP contribution in [-0.4, -0.2) is 25.0 Å². The molecule has 0 aliphatic carbocycles. The quantitative estimate of drug-likeness (QED) is 0.892. The molecule has 1 saturated heterocycles. The van der Waals surface area contributed by atoms with Crippen molar-refractivity contribution in [2.75, 3.05) is 13.1 Å². The summed E-state index contributed by atoms with van der Waals surface area (Å²) < 4.78 is 14.3. The van der Waals surface area contributed by atoms with Crippen molar-refractivity contribution < 1.29 is 9.18 Å². The van der Waals surface area contributed by atoms with E-state index in [0.29, 0.717) is 5.92 Å². The maximum atomic E-state index is 14.3. The van der Waals surface area contributed by atoms with Gasteiger partial charge in [-0.2, -0.15) is 0 Å². The first-order valence-corrected chi connectivity index (χ1v) is 7.30. The summed E-state index contributed by atoms with van der Waals surface area (Å²) >= 11 is 0. The second-order valence-corrected chi connectivity index (χ2v) is 5.85. The number of rotatable bonds is 3. The molecule has 4 heteroatoms. The molecule has 1 aromatic rings. The summed E-state index contributed by atoms with van der Waals surface area (Å²) in [5.41, 5.74) is 1.91. The zero-order chi connectivity index (χ0) is 14.7. The molecule has 0 radical (unpaired) electrons. The van der Waals surface area contributed by atoms with Gasteiger partial charge in [-0.25, -0.2) is 4.39 Å². The fourth-order valence-electron chi connectivity index (χ4n) is 2.78. The number of aryl methyl sites for hydroxylation is 1. The third kappa shape index (κ3) is 3.37. The van der Waals surface area contributed by atoms with E-state index in [-0.39, 0.29) is 17.5 Å². The third-order valence-electron chi connectivity index (χ3n) is 3.77. The third-order valence-corrected chi connectivity index (χ3v) is 3.77. The molecule has 1 aliphatic rings. The van der Waals surface area contributed by atoms with Crippen LogP contribution in [0.1, 0.15) is 54.1 Å². The molecule has 0 spiro atoms. The lowest BCUT2D eigenvalue weighted by Crippen LogP contribution is -2.31. The largest absolute Gasteiger partial charge is 0.350 e. The molecule has 2 N–H and O–H groups in total. The van der Waals surface area contributed by atoms with Crippen LogP contribution in [0.3, 0.4) is 0 Å². The average molecular weight is 278 g/mol. The number of amides is 1. The average Bonchev–Trinajstić information content (AvgIpc) is 2.38. The van der Waals surface area contributed by atoms with E-state index in [4.69, 9.17) is 0 Å². The summed E-state index contributed by atoms with van der Waals surface area (Å²) in [5, 5.41) is 6.06. The lowest BCUT2D eigenvalue weighted by Gasteiger charge is -2.24. The molecule has 1 fully saturated rings. The minimum atomic E-state index is -0.406. The molecule has 2 rings (SSSR count). The second kappa shape index (κ2) is 6.35. The lowest BCUT2D eigenvalue weighted by atomic mass is 9.88. The Morgan fingerprint density at radius 1 is 1.35 bits per heavy atom. The Balaban J connectivity index is 2.26. The normalized spacial score (nSPS) is 16.4. The van der Waals surface area contributed by atoms with Crippen molar-refractivity contribution in [2.24, 2.45) is 0 Å². The van der Waals surface area contributed by atoms with Crippen molar-refractivity contribution in [3.05, 3.63) is 34.6 Å². The highest BCUT2D eigenvalue weighted by atomic mass is 19.1. The fourth-order valence-corrected chi connectivity index (χ4v) is 2.78. The maximum absolute atomic E-state index is 14.3. The highest BCUT2D eigenvalue weighted by Crippen LogP contribution is 2.28. The van der Waals surface area contributed by atoms with Crippen LogP contribution in [0.25, 0.3) is 0 Å². The maximum Gasteiger partial charge on any atom is 0.254 e. The van der Waals surface area contributed by atoms with Crippen LogP contribution < -0.4 is 10.6 Å². The number of hydrogen-bond donors (Lipinski definition) is 2.